The molecular weight excluding hydrogens is 220 g/mol. The van der Waals surface area contributed by atoms with E-state index < -0.39 is 0 Å². The molecule has 0 aliphatic carbocycles. The first-order chi connectivity index (χ1) is 8.52. The van der Waals surface area contributed by atoms with Gasteiger partial charge in [-0.2, -0.15) is 0 Å². The Labute approximate surface area is 112 Å². The minimum absolute atomic E-state index is 0.475. The molecule has 2 atom stereocenters. The lowest BCUT2D eigenvalue weighted by atomic mass is 10.0. The highest BCUT2D eigenvalue weighted by Gasteiger charge is 2.12. The zero-order valence-electron chi connectivity index (χ0n) is 12.5. The standard InChI is InChI=1S/C16H28N2/c1-6-16(15-9-7-13(2)8-10-15)17-14(3)11-12-18(4)5/h7-10,14,16-17H,6,11-12H2,1-5H3. The van der Waals surface area contributed by atoms with E-state index in [1.165, 1.54) is 17.5 Å². The Morgan fingerprint density at radius 3 is 2.28 bits per heavy atom. The number of hydrogen-bond donors (Lipinski definition) is 1. The molecule has 1 N–H and O–H groups in total. The highest BCUT2D eigenvalue weighted by Crippen LogP contribution is 2.18. The molecule has 0 fully saturated rings. The minimum atomic E-state index is 0.475. The van der Waals surface area contributed by atoms with Crippen LogP contribution in [0.15, 0.2) is 24.3 Å². The maximum Gasteiger partial charge on any atom is 0.0319 e. The van der Waals surface area contributed by atoms with Crippen LogP contribution in [0.3, 0.4) is 0 Å². The first-order valence-electron chi connectivity index (χ1n) is 7.00. The van der Waals surface area contributed by atoms with Gasteiger partial charge < -0.3 is 10.2 Å². The minimum Gasteiger partial charge on any atom is -0.309 e. The van der Waals surface area contributed by atoms with Gasteiger partial charge in [-0.05, 0) is 52.9 Å². The Kier molecular flexibility index (Phi) is 6.37. The molecule has 0 heterocycles. The molecule has 1 aromatic rings. The molecule has 1 rings (SSSR count). The van der Waals surface area contributed by atoms with Crippen molar-refractivity contribution >= 4 is 0 Å². The number of hydrogen-bond acceptors (Lipinski definition) is 2. The lowest BCUT2D eigenvalue weighted by Crippen LogP contribution is -2.32. The van der Waals surface area contributed by atoms with E-state index in [0.717, 1.165) is 13.0 Å². The third kappa shape index (κ3) is 5.19. The molecular formula is C16H28N2. The van der Waals surface area contributed by atoms with Gasteiger partial charge in [0.05, 0.1) is 0 Å². The van der Waals surface area contributed by atoms with Crippen molar-refractivity contribution in [1.82, 2.24) is 10.2 Å². The highest BCUT2D eigenvalue weighted by atomic mass is 15.1. The van der Waals surface area contributed by atoms with Crippen molar-refractivity contribution < 1.29 is 0 Å². The molecule has 0 amide bonds. The van der Waals surface area contributed by atoms with Crippen molar-refractivity contribution in [1.29, 1.82) is 0 Å². The maximum atomic E-state index is 3.73. The van der Waals surface area contributed by atoms with E-state index in [2.05, 4.69) is 69.3 Å². The lowest BCUT2D eigenvalue weighted by Gasteiger charge is -2.24. The normalized spacial score (nSPS) is 14.8. The van der Waals surface area contributed by atoms with E-state index in [9.17, 15) is 0 Å². The fourth-order valence-corrected chi connectivity index (χ4v) is 2.13. The first-order valence-corrected chi connectivity index (χ1v) is 7.00. The summed E-state index contributed by atoms with van der Waals surface area (Å²) in [6, 6.07) is 9.92. The SMILES string of the molecule is CCC(NC(C)CCN(C)C)c1ccc(C)cc1. The smallest absolute Gasteiger partial charge is 0.0319 e. The molecule has 0 aliphatic rings. The summed E-state index contributed by atoms with van der Waals surface area (Å²) in [5.74, 6) is 0. The predicted octanol–water partition coefficient (Wildman–Crippen LogP) is 3.38. The van der Waals surface area contributed by atoms with Gasteiger partial charge in [0, 0.05) is 12.1 Å². The van der Waals surface area contributed by atoms with E-state index >= 15 is 0 Å². The number of benzene rings is 1. The van der Waals surface area contributed by atoms with Crippen LogP contribution in [0.5, 0.6) is 0 Å². The van der Waals surface area contributed by atoms with Gasteiger partial charge in [0.2, 0.25) is 0 Å². The average Bonchev–Trinajstić information content (AvgIpc) is 2.34. The van der Waals surface area contributed by atoms with Crippen LogP contribution < -0.4 is 5.32 Å². The van der Waals surface area contributed by atoms with Gasteiger partial charge >= 0.3 is 0 Å². The summed E-state index contributed by atoms with van der Waals surface area (Å²) in [4.78, 5) is 2.24. The molecule has 1 aromatic carbocycles. The summed E-state index contributed by atoms with van der Waals surface area (Å²) in [5.41, 5.74) is 2.73. The Balaban J connectivity index is 2.53. The van der Waals surface area contributed by atoms with E-state index in [-0.39, 0.29) is 0 Å². The quantitative estimate of drug-likeness (QED) is 0.796. The summed E-state index contributed by atoms with van der Waals surface area (Å²) in [5, 5.41) is 3.73. The largest absolute Gasteiger partial charge is 0.309 e. The third-order valence-corrected chi connectivity index (χ3v) is 3.38. The van der Waals surface area contributed by atoms with Crippen LogP contribution in [-0.4, -0.2) is 31.6 Å². The van der Waals surface area contributed by atoms with Crippen LogP contribution in [0, 0.1) is 6.92 Å². The molecule has 2 heteroatoms. The Hall–Kier alpha value is -0.860. The molecule has 0 bridgehead atoms. The molecule has 0 saturated heterocycles. The average molecular weight is 248 g/mol. The molecule has 0 radical (unpaired) electrons. The molecule has 2 unspecified atom stereocenters. The zero-order chi connectivity index (χ0) is 13.5. The van der Waals surface area contributed by atoms with Crippen LogP contribution in [0.25, 0.3) is 0 Å². The van der Waals surface area contributed by atoms with E-state index in [1.54, 1.807) is 0 Å². The molecule has 0 aliphatic heterocycles. The number of nitrogens with one attached hydrogen (secondary N) is 1. The summed E-state index contributed by atoms with van der Waals surface area (Å²) in [6.45, 7) is 7.80. The van der Waals surface area contributed by atoms with Crippen molar-refractivity contribution in [3.8, 4) is 0 Å². The summed E-state index contributed by atoms with van der Waals surface area (Å²) in [6.07, 6.45) is 2.32. The van der Waals surface area contributed by atoms with E-state index in [0.29, 0.717) is 12.1 Å². The van der Waals surface area contributed by atoms with Crippen molar-refractivity contribution in [2.75, 3.05) is 20.6 Å². The number of aryl methyl sites for hydroxylation is 1. The molecule has 0 saturated carbocycles. The van der Waals surface area contributed by atoms with Crippen LogP contribution in [0.2, 0.25) is 0 Å². The topological polar surface area (TPSA) is 15.3 Å². The summed E-state index contributed by atoms with van der Waals surface area (Å²) >= 11 is 0. The first kappa shape index (κ1) is 15.2. The summed E-state index contributed by atoms with van der Waals surface area (Å²) < 4.78 is 0. The molecule has 102 valence electrons. The van der Waals surface area contributed by atoms with Gasteiger partial charge in [-0.25, -0.2) is 0 Å². The van der Waals surface area contributed by atoms with Gasteiger partial charge in [-0.15, -0.1) is 0 Å². The fourth-order valence-electron chi connectivity index (χ4n) is 2.13. The van der Waals surface area contributed by atoms with Gasteiger partial charge in [0.1, 0.15) is 0 Å². The van der Waals surface area contributed by atoms with Crippen LogP contribution in [0.1, 0.15) is 43.9 Å². The second-order valence-electron chi connectivity index (χ2n) is 5.53. The van der Waals surface area contributed by atoms with Crippen LogP contribution in [0.4, 0.5) is 0 Å². The van der Waals surface area contributed by atoms with Crippen LogP contribution >= 0.6 is 0 Å². The Morgan fingerprint density at radius 2 is 1.78 bits per heavy atom. The van der Waals surface area contributed by atoms with Crippen LogP contribution in [-0.2, 0) is 0 Å². The van der Waals surface area contributed by atoms with E-state index in [1.807, 2.05) is 0 Å². The second kappa shape index (κ2) is 7.55. The van der Waals surface area contributed by atoms with Crippen molar-refractivity contribution in [2.24, 2.45) is 0 Å². The molecule has 18 heavy (non-hydrogen) atoms. The zero-order valence-corrected chi connectivity index (χ0v) is 12.5. The molecule has 2 nitrogen and oxygen atoms in total. The maximum absolute atomic E-state index is 3.73. The third-order valence-electron chi connectivity index (χ3n) is 3.38. The number of rotatable bonds is 7. The highest BCUT2D eigenvalue weighted by molar-refractivity contribution is 5.24. The Bertz CT molecular complexity index is 329. The number of nitrogens with zero attached hydrogens (tertiary/aromatic N) is 1. The predicted molar refractivity (Wildman–Crippen MR) is 80.0 cm³/mol. The second-order valence-corrected chi connectivity index (χ2v) is 5.53. The molecule has 0 aromatic heterocycles. The van der Waals surface area contributed by atoms with E-state index in [4.69, 9.17) is 0 Å². The van der Waals surface area contributed by atoms with Gasteiger partial charge in [-0.3, -0.25) is 0 Å². The van der Waals surface area contributed by atoms with Crippen molar-refractivity contribution in [2.45, 2.75) is 45.7 Å². The van der Waals surface area contributed by atoms with Crippen molar-refractivity contribution in [3.63, 3.8) is 0 Å². The van der Waals surface area contributed by atoms with Gasteiger partial charge in [0.25, 0.3) is 0 Å². The fraction of sp³-hybridized carbons (Fsp3) is 0.625. The summed E-state index contributed by atoms with van der Waals surface area (Å²) in [7, 11) is 4.26. The van der Waals surface area contributed by atoms with Gasteiger partial charge in [0.15, 0.2) is 0 Å². The lowest BCUT2D eigenvalue weighted by molar-refractivity contribution is 0.347. The monoisotopic (exact) mass is 248 g/mol. The van der Waals surface area contributed by atoms with Crippen molar-refractivity contribution in [3.05, 3.63) is 35.4 Å². The van der Waals surface area contributed by atoms with Gasteiger partial charge in [-0.1, -0.05) is 36.8 Å². The molecule has 0 spiro atoms. The Morgan fingerprint density at radius 1 is 1.17 bits per heavy atom.